The summed E-state index contributed by atoms with van der Waals surface area (Å²) in [6, 6.07) is 0. The molecular formula is C12H18O. The van der Waals surface area contributed by atoms with Crippen LogP contribution in [0, 0.1) is 5.92 Å². The van der Waals surface area contributed by atoms with E-state index in [1.807, 2.05) is 0 Å². The van der Waals surface area contributed by atoms with Gasteiger partial charge in [-0.3, -0.25) is 4.79 Å². The molecule has 1 rings (SSSR count). The molecule has 0 bridgehead atoms. The van der Waals surface area contributed by atoms with Gasteiger partial charge in [-0.2, -0.15) is 0 Å². The first kappa shape index (κ1) is 10.2. The Morgan fingerprint density at radius 2 is 2.38 bits per heavy atom. The summed E-state index contributed by atoms with van der Waals surface area (Å²) >= 11 is 0. The van der Waals surface area contributed by atoms with Gasteiger partial charge in [-0.25, -0.2) is 0 Å². The lowest BCUT2D eigenvalue weighted by Gasteiger charge is -2.21. The number of Topliss-reactive ketones (excluding diaryl/α,β-unsaturated/α-hetero) is 1. The minimum atomic E-state index is 0.233. The molecule has 1 atom stereocenters. The molecule has 1 unspecified atom stereocenters. The first-order valence-electron chi connectivity index (χ1n) is 4.92. The Kier molecular flexibility index (Phi) is 3.47. The van der Waals surface area contributed by atoms with Crippen molar-refractivity contribution >= 4 is 5.78 Å². The maximum absolute atomic E-state index is 10.9. The number of rotatable bonds is 3. The largest absolute Gasteiger partial charge is 0.300 e. The molecule has 0 spiro atoms. The lowest BCUT2D eigenvalue weighted by atomic mass is 9.84. The second-order valence-corrected chi connectivity index (χ2v) is 4.06. The van der Waals surface area contributed by atoms with E-state index in [9.17, 15) is 4.79 Å². The highest BCUT2D eigenvalue weighted by Crippen LogP contribution is 2.29. The van der Waals surface area contributed by atoms with Crippen molar-refractivity contribution < 1.29 is 4.79 Å². The Labute approximate surface area is 80.5 Å². The number of allylic oxidation sites excluding steroid dienone is 3. The van der Waals surface area contributed by atoms with Gasteiger partial charge < -0.3 is 0 Å². The quantitative estimate of drug-likeness (QED) is 0.606. The molecule has 1 nitrogen and oxygen atoms in total. The molecule has 0 N–H and O–H groups in total. The second kappa shape index (κ2) is 4.40. The molecule has 0 aromatic heterocycles. The lowest BCUT2D eigenvalue weighted by molar-refractivity contribution is -0.116. The molecule has 0 saturated carbocycles. The summed E-state index contributed by atoms with van der Waals surface area (Å²) in [7, 11) is 0. The highest BCUT2D eigenvalue weighted by atomic mass is 16.1. The molecule has 0 aromatic carbocycles. The lowest BCUT2D eigenvalue weighted by Crippen LogP contribution is -2.09. The summed E-state index contributed by atoms with van der Waals surface area (Å²) in [5, 5.41) is 0. The van der Waals surface area contributed by atoms with E-state index in [-0.39, 0.29) is 5.78 Å². The third kappa shape index (κ3) is 3.17. The van der Waals surface area contributed by atoms with Crippen molar-refractivity contribution in [1.82, 2.24) is 0 Å². The van der Waals surface area contributed by atoms with E-state index in [0.29, 0.717) is 12.3 Å². The van der Waals surface area contributed by atoms with E-state index in [0.717, 1.165) is 12.0 Å². The fourth-order valence-electron chi connectivity index (χ4n) is 1.80. The topological polar surface area (TPSA) is 17.1 Å². The number of hydrogen-bond donors (Lipinski definition) is 0. The van der Waals surface area contributed by atoms with E-state index in [2.05, 4.69) is 19.6 Å². The van der Waals surface area contributed by atoms with Gasteiger partial charge in [0.2, 0.25) is 0 Å². The maximum Gasteiger partial charge on any atom is 0.133 e. The smallest absolute Gasteiger partial charge is 0.133 e. The molecule has 0 saturated heterocycles. The van der Waals surface area contributed by atoms with E-state index >= 15 is 0 Å². The third-order valence-electron chi connectivity index (χ3n) is 2.69. The maximum atomic E-state index is 10.9. The van der Waals surface area contributed by atoms with Crippen molar-refractivity contribution in [1.29, 1.82) is 0 Å². The third-order valence-corrected chi connectivity index (χ3v) is 2.69. The molecule has 13 heavy (non-hydrogen) atoms. The number of ketones is 1. The first-order chi connectivity index (χ1) is 6.09. The zero-order valence-electron chi connectivity index (χ0n) is 8.60. The Hall–Kier alpha value is -0.850. The Morgan fingerprint density at radius 3 is 2.85 bits per heavy atom. The Bertz CT molecular complexity index is 248. The highest BCUT2D eigenvalue weighted by Gasteiger charge is 2.16. The average Bonchev–Trinajstić information content (AvgIpc) is 2.04. The van der Waals surface area contributed by atoms with Crippen LogP contribution < -0.4 is 0 Å². The van der Waals surface area contributed by atoms with Crippen LogP contribution in [0.2, 0.25) is 0 Å². The van der Waals surface area contributed by atoms with Gasteiger partial charge in [-0.15, -0.1) is 0 Å². The molecule has 0 amide bonds. The zero-order chi connectivity index (χ0) is 9.84. The fraction of sp³-hybridized carbons (Fsp3) is 0.583. The van der Waals surface area contributed by atoms with Gasteiger partial charge in [-0.1, -0.05) is 23.8 Å². The minimum Gasteiger partial charge on any atom is -0.300 e. The molecule has 0 radical (unpaired) electrons. The van der Waals surface area contributed by atoms with Gasteiger partial charge in [0.15, 0.2) is 0 Å². The van der Waals surface area contributed by atoms with E-state index in [1.54, 1.807) is 6.92 Å². The van der Waals surface area contributed by atoms with Crippen molar-refractivity contribution in [2.24, 2.45) is 5.92 Å². The van der Waals surface area contributed by atoms with Crippen molar-refractivity contribution in [3.63, 3.8) is 0 Å². The van der Waals surface area contributed by atoms with Crippen LogP contribution >= 0.6 is 0 Å². The normalized spacial score (nSPS) is 22.3. The predicted molar refractivity (Wildman–Crippen MR) is 55.5 cm³/mol. The number of carbonyl (C=O) groups is 1. The second-order valence-electron chi connectivity index (χ2n) is 4.06. The summed E-state index contributed by atoms with van der Waals surface area (Å²) in [5.41, 5.74) is 2.60. The van der Waals surface area contributed by atoms with Crippen molar-refractivity contribution in [2.75, 3.05) is 0 Å². The molecule has 0 aromatic rings. The molecule has 72 valence electrons. The Morgan fingerprint density at radius 1 is 1.69 bits per heavy atom. The SMILES string of the molecule is C=C(CC(C)=O)C1CC=C(C)CC1. The van der Waals surface area contributed by atoms with Crippen LogP contribution in [0.25, 0.3) is 0 Å². The van der Waals surface area contributed by atoms with E-state index in [4.69, 9.17) is 0 Å². The van der Waals surface area contributed by atoms with Crippen LogP contribution in [0.15, 0.2) is 23.8 Å². The van der Waals surface area contributed by atoms with Gasteiger partial charge in [-0.05, 0) is 39.0 Å². The molecule has 1 aliphatic rings. The molecule has 1 heteroatoms. The van der Waals surface area contributed by atoms with Crippen molar-refractivity contribution in [3.8, 4) is 0 Å². The summed E-state index contributed by atoms with van der Waals surface area (Å²) in [5.74, 6) is 0.781. The van der Waals surface area contributed by atoms with Crippen molar-refractivity contribution in [3.05, 3.63) is 23.8 Å². The summed E-state index contributed by atoms with van der Waals surface area (Å²) < 4.78 is 0. The fourth-order valence-corrected chi connectivity index (χ4v) is 1.80. The standard InChI is InChI=1S/C12H18O/c1-9-4-6-12(7-5-9)10(2)8-11(3)13/h4,12H,2,5-8H2,1,3H3. The molecule has 0 fully saturated rings. The van der Waals surface area contributed by atoms with Crippen LogP contribution in [-0.4, -0.2) is 5.78 Å². The van der Waals surface area contributed by atoms with Crippen molar-refractivity contribution in [2.45, 2.75) is 39.5 Å². The van der Waals surface area contributed by atoms with Crippen LogP contribution in [0.1, 0.15) is 39.5 Å². The van der Waals surface area contributed by atoms with E-state index < -0.39 is 0 Å². The number of hydrogen-bond acceptors (Lipinski definition) is 1. The first-order valence-corrected chi connectivity index (χ1v) is 4.92. The average molecular weight is 178 g/mol. The monoisotopic (exact) mass is 178 g/mol. The van der Waals surface area contributed by atoms with Crippen LogP contribution in [0.4, 0.5) is 0 Å². The van der Waals surface area contributed by atoms with Crippen LogP contribution in [0.5, 0.6) is 0 Å². The molecule has 0 heterocycles. The van der Waals surface area contributed by atoms with Crippen LogP contribution in [0.3, 0.4) is 0 Å². The Balaban J connectivity index is 2.46. The van der Waals surface area contributed by atoms with Gasteiger partial charge in [0.25, 0.3) is 0 Å². The zero-order valence-corrected chi connectivity index (χ0v) is 8.60. The van der Waals surface area contributed by atoms with Gasteiger partial charge in [0.1, 0.15) is 5.78 Å². The summed E-state index contributed by atoms with van der Waals surface area (Å²) in [6.45, 7) is 7.80. The van der Waals surface area contributed by atoms with Gasteiger partial charge >= 0.3 is 0 Å². The highest BCUT2D eigenvalue weighted by molar-refractivity contribution is 5.78. The van der Waals surface area contributed by atoms with E-state index in [1.165, 1.54) is 18.4 Å². The molecular weight excluding hydrogens is 160 g/mol. The predicted octanol–water partition coefficient (Wildman–Crippen LogP) is 3.27. The van der Waals surface area contributed by atoms with Crippen LogP contribution in [-0.2, 0) is 4.79 Å². The van der Waals surface area contributed by atoms with Gasteiger partial charge in [0, 0.05) is 6.42 Å². The number of carbonyl (C=O) groups excluding carboxylic acids is 1. The summed E-state index contributed by atoms with van der Waals surface area (Å²) in [6.07, 6.45) is 6.27. The summed E-state index contributed by atoms with van der Waals surface area (Å²) in [4.78, 5) is 10.9. The van der Waals surface area contributed by atoms with Gasteiger partial charge in [0.05, 0.1) is 0 Å². The molecule has 0 aliphatic heterocycles. The minimum absolute atomic E-state index is 0.233. The molecule has 1 aliphatic carbocycles.